The van der Waals surface area contributed by atoms with E-state index >= 15 is 0 Å². The first-order valence-corrected chi connectivity index (χ1v) is 7.79. The molecule has 7 heteroatoms. The zero-order valence-electron chi connectivity index (χ0n) is 12.9. The molecule has 0 atom stereocenters. The molecule has 0 N–H and O–H groups in total. The molecule has 0 spiro atoms. The molecule has 0 aromatic carbocycles. The van der Waals surface area contributed by atoms with Gasteiger partial charge in [-0.3, -0.25) is 9.36 Å². The van der Waals surface area contributed by atoms with Crippen LogP contribution in [0.15, 0.2) is 17.8 Å². The second kappa shape index (κ2) is 4.95. The lowest BCUT2D eigenvalue weighted by atomic mass is 10.2. The molecule has 1 aliphatic heterocycles. The standard InChI is InChI=1S/C15H17N3O3S/c1-15(2,3)21-14(20)11-10-7-17(4)12(19)9-5-6-22-13(9)18(10)8-16-11/h5-6,8H,7H2,1-4H3. The smallest absolute Gasteiger partial charge is 0.359 e. The van der Waals surface area contributed by atoms with Crippen LogP contribution in [0, 0.1) is 0 Å². The Morgan fingerprint density at radius 1 is 1.41 bits per heavy atom. The lowest BCUT2D eigenvalue weighted by Gasteiger charge is -2.19. The van der Waals surface area contributed by atoms with Crippen molar-refractivity contribution in [2.24, 2.45) is 0 Å². The summed E-state index contributed by atoms with van der Waals surface area (Å²) in [5, 5.41) is 2.64. The van der Waals surface area contributed by atoms with Crippen LogP contribution in [-0.4, -0.2) is 39.0 Å². The predicted octanol–water partition coefficient (Wildman–Crippen LogP) is 2.47. The van der Waals surface area contributed by atoms with Gasteiger partial charge in [0.15, 0.2) is 5.69 Å². The van der Waals surface area contributed by atoms with Crippen LogP contribution in [0.2, 0.25) is 0 Å². The van der Waals surface area contributed by atoms with E-state index in [9.17, 15) is 9.59 Å². The van der Waals surface area contributed by atoms with Gasteiger partial charge in [-0.15, -0.1) is 11.3 Å². The van der Waals surface area contributed by atoms with E-state index in [0.29, 0.717) is 17.8 Å². The topological polar surface area (TPSA) is 64.4 Å². The van der Waals surface area contributed by atoms with E-state index in [0.717, 1.165) is 5.00 Å². The highest BCUT2D eigenvalue weighted by Gasteiger charge is 2.30. The average Bonchev–Trinajstić information content (AvgIpc) is 2.99. The van der Waals surface area contributed by atoms with Crippen molar-refractivity contribution in [2.75, 3.05) is 7.05 Å². The summed E-state index contributed by atoms with van der Waals surface area (Å²) in [5.41, 5.74) is 0.968. The summed E-state index contributed by atoms with van der Waals surface area (Å²) in [6.45, 7) is 5.75. The minimum atomic E-state index is -0.589. The number of carbonyl (C=O) groups excluding carboxylic acids is 2. The lowest BCUT2D eigenvalue weighted by molar-refractivity contribution is 0.00608. The summed E-state index contributed by atoms with van der Waals surface area (Å²) in [6.07, 6.45) is 1.58. The van der Waals surface area contributed by atoms with Crippen LogP contribution >= 0.6 is 11.3 Å². The Bertz CT molecular complexity index is 754. The van der Waals surface area contributed by atoms with Crippen molar-refractivity contribution < 1.29 is 14.3 Å². The SMILES string of the molecule is CN1Cc2c(C(=O)OC(C)(C)C)ncn2-c2sccc2C1=O. The summed E-state index contributed by atoms with van der Waals surface area (Å²) in [5.74, 6) is -0.530. The summed E-state index contributed by atoms with van der Waals surface area (Å²) in [4.78, 5) is 30.5. The minimum Gasteiger partial charge on any atom is -0.455 e. The molecule has 1 aliphatic rings. The Labute approximate surface area is 132 Å². The van der Waals surface area contributed by atoms with Crippen LogP contribution in [-0.2, 0) is 11.3 Å². The van der Waals surface area contributed by atoms with Gasteiger partial charge in [0, 0.05) is 7.05 Å². The number of esters is 1. The maximum Gasteiger partial charge on any atom is 0.359 e. The van der Waals surface area contributed by atoms with E-state index in [-0.39, 0.29) is 11.6 Å². The van der Waals surface area contributed by atoms with Gasteiger partial charge >= 0.3 is 5.97 Å². The van der Waals surface area contributed by atoms with Gasteiger partial charge in [0.2, 0.25) is 0 Å². The highest BCUT2D eigenvalue weighted by atomic mass is 32.1. The van der Waals surface area contributed by atoms with E-state index in [2.05, 4.69) is 4.98 Å². The first kappa shape index (κ1) is 14.8. The monoisotopic (exact) mass is 319 g/mol. The number of imidazole rings is 1. The molecule has 116 valence electrons. The van der Waals surface area contributed by atoms with Crippen molar-refractivity contribution in [3.8, 4) is 5.00 Å². The maximum atomic E-state index is 12.4. The normalized spacial score (nSPS) is 14.4. The van der Waals surface area contributed by atoms with E-state index in [1.807, 2.05) is 26.2 Å². The Morgan fingerprint density at radius 2 is 2.14 bits per heavy atom. The molecular formula is C15H17N3O3S. The summed E-state index contributed by atoms with van der Waals surface area (Å²) in [6, 6.07) is 1.79. The summed E-state index contributed by atoms with van der Waals surface area (Å²) in [7, 11) is 1.71. The van der Waals surface area contributed by atoms with Gasteiger partial charge in [-0.25, -0.2) is 9.78 Å². The molecule has 0 aliphatic carbocycles. The lowest BCUT2D eigenvalue weighted by Crippen LogP contribution is -2.27. The average molecular weight is 319 g/mol. The molecule has 3 heterocycles. The van der Waals surface area contributed by atoms with E-state index in [4.69, 9.17) is 4.74 Å². The van der Waals surface area contributed by atoms with Crippen LogP contribution < -0.4 is 0 Å². The predicted molar refractivity (Wildman–Crippen MR) is 82.4 cm³/mol. The third-order valence-electron chi connectivity index (χ3n) is 3.29. The van der Waals surface area contributed by atoms with Crippen molar-refractivity contribution in [1.29, 1.82) is 0 Å². The third kappa shape index (κ3) is 2.41. The Kier molecular flexibility index (Phi) is 3.32. The molecule has 6 nitrogen and oxygen atoms in total. The van der Waals surface area contributed by atoms with Crippen molar-refractivity contribution in [3.05, 3.63) is 34.7 Å². The van der Waals surface area contributed by atoms with Crippen LogP contribution in [0.1, 0.15) is 47.3 Å². The van der Waals surface area contributed by atoms with Crippen molar-refractivity contribution in [2.45, 2.75) is 32.9 Å². The minimum absolute atomic E-state index is 0.0601. The number of nitrogens with zero attached hydrogens (tertiary/aromatic N) is 3. The third-order valence-corrected chi connectivity index (χ3v) is 4.20. The Hall–Kier alpha value is -2.15. The number of rotatable bonds is 1. The van der Waals surface area contributed by atoms with Gasteiger partial charge in [0.05, 0.1) is 17.8 Å². The van der Waals surface area contributed by atoms with Gasteiger partial charge in [0.25, 0.3) is 5.91 Å². The fourth-order valence-electron chi connectivity index (χ4n) is 2.35. The number of aromatic nitrogens is 2. The number of hydrogen-bond acceptors (Lipinski definition) is 5. The largest absolute Gasteiger partial charge is 0.455 e. The molecule has 22 heavy (non-hydrogen) atoms. The zero-order valence-corrected chi connectivity index (χ0v) is 13.7. The molecule has 2 aromatic heterocycles. The number of thiophene rings is 1. The number of carbonyl (C=O) groups is 2. The van der Waals surface area contributed by atoms with Gasteiger partial charge in [0.1, 0.15) is 16.9 Å². The second-order valence-electron chi connectivity index (χ2n) is 6.21. The quantitative estimate of drug-likeness (QED) is 0.758. The molecule has 0 unspecified atom stereocenters. The summed E-state index contributed by atoms with van der Waals surface area (Å²) < 4.78 is 7.21. The van der Waals surface area contributed by atoms with E-state index in [1.54, 1.807) is 28.9 Å². The molecule has 0 fully saturated rings. The van der Waals surface area contributed by atoms with Crippen LogP contribution in [0.3, 0.4) is 0 Å². The molecule has 0 bridgehead atoms. The fourth-order valence-corrected chi connectivity index (χ4v) is 3.24. The number of amides is 1. The number of ether oxygens (including phenoxy) is 1. The molecule has 0 radical (unpaired) electrons. The van der Waals surface area contributed by atoms with Gasteiger partial charge < -0.3 is 9.64 Å². The van der Waals surface area contributed by atoms with E-state index < -0.39 is 11.6 Å². The van der Waals surface area contributed by atoms with Crippen molar-refractivity contribution >= 4 is 23.2 Å². The van der Waals surface area contributed by atoms with Gasteiger partial charge in [-0.1, -0.05) is 0 Å². The van der Waals surface area contributed by atoms with E-state index in [1.165, 1.54) is 11.3 Å². The van der Waals surface area contributed by atoms with Gasteiger partial charge in [-0.05, 0) is 32.2 Å². The first-order chi connectivity index (χ1) is 10.3. The molecule has 2 aromatic rings. The van der Waals surface area contributed by atoms with Crippen molar-refractivity contribution in [1.82, 2.24) is 14.5 Å². The van der Waals surface area contributed by atoms with Crippen LogP contribution in [0.25, 0.3) is 5.00 Å². The number of fused-ring (bicyclic) bond motifs is 3. The Balaban J connectivity index is 2.08. The second-order valence-corrected chi connectivity index (χ2v) is 7.11. The molecule has 0 saturated carbocycles. The molecular weight excluding hydrogens is 302 g/mol. The van der Waals surface area contributed by atoms with Crippen molar-refractivity contribution in [3.63, 3.8) is 0 Å². The van der Waals surface area contributed by atoms with Crippen LogP contribution in [0.5, 0.6) is 0 Å². The fraction of sp³-hybridized carbons (Fsp3) is 0.400. The highest BCUT2D eigenvalue weighted by Crippen LogP contribution is 2.30. The summed E-state index contributed by atoms with van der Waals surface area (Å²) >= 11 is 1.45. The first-order valence-electron chi connectivity index (χ1n) is 6.91. The number of hydrogen-bond donors (Lipinski definition) is 0. The zero-order chi connectivity index (χ0) is 16.1. The molecule has 1 amide bonds. The van der Waals surface area contributed by atoms with Crippen LogP contribution in [0.4, 0.5) is 0 Å². The Morgan fingerprint density at radius 3 is 2.82 bits per heavy atom. The highest BCUT2D eigenvalue weighted by molar-refractivity contribution is 7.13. The molecule has 0 saturated heterocycles. The molecule has 3 rings (SSSR count). The maximum absolute atomic E-state index is 12.4. The van der Waals surface area contributed by atoms with Gasteiger partial charge in [-0.2, -0.15) is 0 Å².